The van der Waals surface area contributed by atoms with Gasteiger partial charge in [0.2, 0.25) is 0 Å². The van der Waals surface area contributed by atoms with Gasteiger partial charge in [-0.15, -0.1) is 0 Å². The van der Waals surface area contributed by atoms with E-state index in [9.17, 15) is 0 Å². The molecule has 0 aliphatic heterocycles. The highest BCUT2D eigenvalue weighted by Gasteiger charge is 2.09. The molecule has 3 aromatic rings. The summed E-state index contributed by atoms with van der Waals surface area (Å²) in [5.74, 6) is 1.60. The molecule has 0 saturated carbocycles. The lowest BCUT2D eigenvalue weighted by atomic mass is 10.1. The molecule has 0 atom stereocenters. The molecule has 5 heteroatoms. The number of aromatic nitrogens is 2. The minimum Gasteiger partial charge on any atom is -0.375 e. The second kappa shape index (κ2) is 10.2. The molecule has 3 rings (SSSR count). The summed E-state index contributed by atoms with van der Waals surface area (Å²) in [5.41, 5.74) is 9.83. The van der Waals surface area contributed by atoms with Crippen molar-refractivity contribution >= 4 is 22.4 Å². The third-order valence-corrected chi connectivity index (χ3v) is 5.17. The number of nitrogens with one attached hydrogen (secondary N) is 1. The lowest BCUT2D eigenvalue weighted by Gasteiger charge is -2.20. The van der Waals surface area contributed by atoms with Crippen molar-refractivity contribution in [1.29, 1.82) is 0 Å². The fourth-order valence-corrected chi connectivity index (χ4v) is 3.30. The largest absolute Gasteiger partial charge is 0.375 e. The molecule has 0 spiro atoms. The molecular formula is C24H33N5. The van der Waals surface area contributed by atoms with E-state index in [1.54, 1.807) is 0 Å². The van der Waals surface area contributed by atoms with Crippen molar-refractivity contribution in [2.45, 2.75) is 33.1 Å². The molecule has 0 fully saturated rings. The molecule has 1 aromatic carbocycles. The van der Waals surface area contributed by atoms with E-state index in [4.69, 9.17) is 10.7 Å². The van der Waals surface area contributed by atoms with Gasteiger partial charge in [-0.25, -0.2) is 4.98 Å². The summed E-state index contributed by atoms with van der Waals surface area (Å²) in [6, 6.07) is 14.7. The van der Waals surface area contributed by atoms with E-state index in [2.05, 4.69) is 72.5 Å². The van der Waals surface area contributed by atoms with Crippen LogP contribution < -0.4 is 16.0 Å². The molecule has 154 valence electrons. The fraction of sp³-hybridized carbons (Fsp3) is 0.417. The monoisotopic (exact) mass is 391 g/mol. The second-order valence-corrected chi connectivity index (χ2v) is 8.00. The van der Waals surface area contributed by atoms with Crippen molar-refractivity contribution in [3.05, 3.63) is 48.7 Å². The van der Waals surface area contributed by atoms with Gasteiger partial charge in [0.25, 0.3) is 0 Å². The van der Waals surface area contributed by atoms with Gasteiger partial charge in [-0.05, 0) is 62.1 Å². The Morgan fingerprint density at radius 2 is 1.90 bits per heavy atom. The Morgan fingerprint density at radius 3 is 2.62 bits per heavy atom. The predicted molar refractivity (Wildman–Crippen MR) is 124 cm³/mol. The highest BCUT2D eigenvalue weighted by atomic mass is 15.1. The first-order valence-electron chi connectivity index (χ1n) is 10.6. The van der Waals surface area contributed by atoms with Gasteiger partial charge in [-0.3, -0.25) is 4.98 Å². The molecule has 0 aliphatic rings. The van der Waals surface area contributed by atoms with Crippen molar-refractivity contribution in [1.82, 2.24) is 9.97 Å². The smallest absolute Gasteiger partial charge is 0.136 e. The van der Waals surface area contributed by atoms with Gasteiger partial charge in [-0.2, -0.15) is 0 Å². The van der Waals surface area contributed by atoms with Gasteiger partial charge in [-0.1, -0.05) is 26.0 Å². The molecule has 5 nitrogen and oxygen atoms in total. The topological polar surface area (TPSA) is 67.1 Å². The van der Waals surface area contributed by atoms with Crippen LogP contribution in [-0.2, 0) is 0 Å². The summed E-state index contributed by atoms with van der Waals surface area (Å²) in [5, 5.41) is 4.52. The minimum atomic E-state index is 0.710. The Morgan fingerprint density at radius 1 is 1.10 bits per heavy atom. The summed E-state index contributed by atoms with van der Waals surface area (Å²) in [6.45, 7) is 7.16. The summed E-state index contributed by atoms with van der Waals surface area (Å²) in [6.07, 6.45) is 5.06. The second-order valence-electron chi connectivity index (χ2n) is 8.00. The van der Waals surface area contributed by atoms with Crippen molar-refractivity contribution in [2.24, 2.45) is 11.7 Å². The van der Waals surface area contributed by atoms with Crippen LogP contribution in [0.4, 0.5) is 11.5 Å². The average Bonchev–Trinajstić information content (AvgIpc) is 2.75. The number of hydrogen-bond donors (Lipinski definition) is 2. The van der Waals surface area contributed by atoms with Crippen LogP contribution in [0.1, 0.15) is 33.1 Å². The van der Waals surface area contributed by atoms with Crippen LogP contribution in [0.2, 0.25) is 0 Å². The van der Waals surface area contributed by atoms with Crippen molar-refractivity contribution in [3.8, 4) is 11.3 Å². The van der Waals surface area contributed by atoms with E-state index < -0.39 is 0 Å². The first-order valence-corrected chi connectivity index (χ1v) is 10.6. The Kier molecular flexibility index (Phi) is 7.42. The third-order valence-electron chi connectivity index (χ3n) is 5.17. The normalized spacial score (nSPS) is 11.2. The fourth-order valence-electron chi connectivity index (χ4n) is 3.30. The summed E-state index contributed by atoms with van der Waals surface area (Å²) in [4.78, 5) is 11.8. The number of hydrogen-bond acceptors (Lipinski definition) is 5. The number of nitrogens with two attached hydrogens (primary N) is 1. The Balaban J connectivity index is 1.83. The number of unbranched alkanes of at least 4 members (excludes halogenated alkanes) is 1. The van der Waals surface area contributed by atoms with E-state index in [1.807, 2.05) is 12.3 Å². The maximum absolute atomic E-state index is 5.61. The maximum Gasteiger partial charge on any atom is 0.136 e. The number of benzene rings is 1. The summed E-state index contributed by atoms with van der Waals surface area (Å²) < 4.78 is 0. The Hall–Kier alpha value is -2.66. The van der Waals surface area contributed by atoms with Gasteiger partial charge < -0.3 is 16.0 Å². The molecule has 0 aliphatic carbocycles. The zero-order chi connectivity index (χ0) is 20.6. The van der Waals surface area contributed by atoms with Crippen molar-refractivity contribution < 1.29 is 0 Å². The summed E-state index contributed by atoms with van der Waals surface area (Å²) >= 11 is 0. The van der Waals surface area contributed by atoms with Crippen LogP contribution in [0.5, 0.6) is 0 Å². The molecule has 0 amide bonds. The standard InChI is InChI=1S/C24H33N5/c1-18(2)12-16-29(3)20-10-8-19(9-11-20)22-17-23-21(7-6-15-26-23)24(28-22)27-14-5-4-13-25/h6-11,15,17-18H,4-5,12-14,16,25H2,1-3H3,(H,27,28). The summed E-state index contributed by atoms with van der Waals surface area (Å²) in [7, 11) is 2.15. The third kappa shape index (κ3) is 5.67. The van der Waals surface area contributed by atoms with Crippen LogP contribution in [0, 0.1) is 5.92 Å². The van der Waals surface area contributed by atoms with Crippen molar-refractivity contribution in [2.75, 3.05) is 36.9 Å². The van der Waals surface area contributed by atoms with Gasteiger partial charge in [0.05, 0.1) is 11.2 Å². The van der Waals surface area contributed by atoms with E-state index in [0.29, 0.717) is 5.92 Å². The molecule has 0 unspecified atom stereocenters. The SMILES string of the molecule is CC(C)CCN(C)c1ccc(-c2cc3ncccc3c(NCCCCN)n2)cc1. The maximum atomic E-state index is 5.61. The van der Waals surface area contributed by atoms with Gasteiger partial charge in [0.1, 0.15) is 5.82 Å². The van der Waals surface area contributed by atoms with Gasteiger partial charge in [0, 0.05) is 43.0 Å². The molecule has 0 bridgehead atoms. The highest BCUT2D eigenvalue weighted by Crippen LogP contribution is 2.28. The quantitative estimate of drug-likeness (QED) is 0.480. The zero-order valence-electron chi connectivity index (χ0n) is 17.9. The molecule has 0 saturated heterocycles. The van der Waals surface area contributed by atoms with Crippen molar-refractivity contribution in [3.63, 3.8) is 0 Å². The number of fused-ring (bicyclic) bond motifs is 1. The Labute approximate surface area is 174 Å². The zero-order valence-corrected chi connectivity index (χ0v) is 17.9. The van der Waals surface area contributed by atoms with Crippen LogP contribution in [0.15, 0.2) is 48.7 Å². The van der Waals surface area contributed by atoms with E-state index in [-0.39, 0.29) is 0 Å². The minimum absolute atomic E-state index is 0.710. The van der Waals surface area contributed by atoms with E-state index in [1.165, 1.54) is 12.1 Å². The number of anilines is 2. The number of rotatable bonds is 10. The number of pyridine rings is 2. The van der Waals surface area contributed by atoms with Crippen LogP contribution >= 0.6 is 0 Å². The molecular weight excluding hydrogens is 358 g/mol. The lowest BCUT2D eigenvalue weighted by molar-refractivity contribution is 0.585. The molecule has 3 N–H and O–H groups in total. The van der Waals surface area contributed by atoms with Gasteiger partial charge >= 0.3 is 0 Å². The molecule has 0 radical (unpaired) electrons. The highest BCUT2D eigenvalue weighted by molar-refractivity contribution is 5.92. The predicted octanol–water partition coefficient (Wildman–Crippen LogP) is 4.93. The molecule has 29 heavy (non-hydrogen) atoms. The van der Waals surface area contributed by atoms with Crippen LogP contribution in [0.25, 0.3) is 22.2 Å². The first-order chi connectivity index (χ1) is 14.1. The van der Waals surface area contributed by atoms with Crippen LogP contribution in [0.3, 0.4) is 0 Å². The van der Waals surface area contributed by atoms with E-state index in [0.717, 1.165) is 60.5 Å². The van der Waals surface area contributed by atoms with E-state index >= 15 is 0 Å². The lowest BCUT2D eigenvalue weighted by Crippen LogP contribution is -2.19. The number of nitrogens with zero attached hydrogens (tertiary/aromatic N) is 3. The Bertz CT molecular complexity index is 905. The molecule has 2 heterocycles. The average molecular weight is 392 g/mol. The van der Waals surface area contributed by atoms with Crippen LogP contribution in [-0.4, -0.2) is 36.6 Å². The van der Waals surface area contributed by atoms with Gasteiger partial charge in [0.15, 0.2) is 0 Å². The molecule has 2 aromatic heterocycles. The first kappa shape index (κ1) is 21.1.